The van der Waals surface area contributed by atoms with Crippen LogP contribution in [0.15, 0.2) is 0 Å². The summed E-state index contributed by atoms with van der Waals surface area (Å²) in [6.07, 6.45) is 7.65. The molecule has 4 nitrogen and oxygen atoms in total. The maximum absolute atomic E-state index is 12.4. The number of nitrogens with one attached hydrogen (secondary N) is 1. The van der Waals surface area contributed by atoms with Gasteiger partial charge in [0, 0.05) is 19.1 Å². The van der Waals surface area contributed by atoms with Crippen LogP contribution < -0.4 is 5.32 Å². The topological polar surface area (TPSA) is 52.6 Å². The number of hydrogen-bond acceptors (Lipinski definition) is 3. The van der Waals surface area contributed by atoms with Crippen LogP contribution in [0.25, 0.3) is 0 Å². The largest absolute Gasteiger partial charge is 0.393 e. The Hall–Kier alpha value is -0.610. The molecule has 2 aliphatic rings. The summed E-state index contributed by atoms with van der Waals surface area (Å²) in [7, 11) is 0. The first-order valence-electron chi connectivity index (χ1n) is 8.34. The van der Waals surface area contributed by atoms with Gasteiger partial charge < -0.3 is 10.4 Å². The number of hydrogen-bond donors (Lipinski definition) is 2. The molecule has 1 saturated carbocycles. The highest BCUT2D eigenvalue weighted by Crippen LogP contribution is 2.22. The lowest BCUT2D eigenvalue weighted by molar-refractivity contribution is -0.128. The Labute approximate surface area is 122 Å². The van der Waals surface area contributed by atoms with Crippen molar-refractivity contribution in [3.05, 3.63) is 0 Å². The van der Waals surface area contributed by atoms with Crippen LogP contribution in [0.5, 0.6) is 0 Å². The number of carbonyl (C=O) groups is 1. The first-order valence-corrected chi connectivity index (χ1v) is 8.34. The van der Waals surface area contributed by atoms with Crippen LogP contribution in [0.3, 0.4) is 0 Å². The third-order valence-corrected chi connectivity index (χ3v) is 5.13. The molecule has 2 fully saturated rings. The minimum atomic E-state index is -0.190. The minimum absolute atomic E-state index is 0.0709. The molecule has 0 spiro atoms. The number of carbonyl (C=O) groups excluding carboxylic acids is 1. The van der Waals surface area contributed by atoms with E-state index in [2.05, 4.69) is 17.1 Å². The molecular weight excluding hydrogens is 252 g/mol. The fourth-order valence-corrected chi connectivity index (χ4v) is 3.54. The summed E-state index contributed by atoms with van der Waals surface area (Å²) in [4.78, 5) is 14.6. The van der Waals surface area contributed by atoms with Crippen molar-refractivity contribution in [3.63, 3.8) is 0 Å². The van der Waals surface area contributed by atoms with Crippen LogP contribution in [0.1, 0.15) is 58.8 Å². The van der Waals surface area contributed by atoms with Crippen LogP contribution in [-0.4, -0.2) is 47.2 Å². The zero-order chi connectivity index (χ0) is 14.5. The highest BCUT2D eigenvalue weighted by Gasteiger charge is 2.32. The van der Waals surface area contributed by atoms with Gasteiger partial charge in [-0.2, -0.15) is 0 Å². The molecule has 20 heavy (non-hydrogen) atoms. The number of aliphatic hydroxyl groups excluding tert-OH is 1. The lowest BCUT2D eigenvalue weighted by Crippen LogP contribution is -2.53. The average Bonchev–Trinajstić information content (AvgIpc) is 2.48. The molecule has 0 aromatic rings. The minimum Gasteiger partial charge on any atom is -0.393 e. The summed E-state index contributed by atoms with van der Waals surface area (Å²) < 4.78 is 0. The maximum Gasteiger partial charge on any atom is 0.237 e. The normalized spacial score (nSPS) is 30.9. The Balaban J connectivity index is 1.83. The number of nitrogens with zero attached hydrogens (tertiary/aromatic N) is 1. The highest BCUT2D eigenvalue weighted by molar-refractivity contribution is 5.81. The summed E-state index contributed by atoms with van der Waals surface area (Å²) in [5.74, 6) is 0.483. The Morgan fingerprint density at radius 2 is 2.00 bits per heavy atom. The average molecular weight is 282 g/mol. The van der Waals surface area contributed by atoms with Crippen LogP contribution in [0.2, 0.25) is 0 Å². The molecule has 0 bridgehead atoms. The van der Waals surface area contributed by atoms with Gasteiger partial charge in [0.15, 0.2) is 0 Å². The second-order valence-corrected chi connectivity index (χ2v) is 6.54. The molecule has 2 rings (SSSR count). The van der Waals surface area contributed by atoms with Gasteiger partial charge in [0.2, 0.25) is 5.91 Å². The third kappa shape index (κ3) is 3.95. The standard InChI is InChI=1S/C16H30N2O2/c1-3-13-11-18(10-9-15(13)19)12(2)16(20)17-14-7-5-4-6-8-14/h12-15,19H,3-11H2,1-2H3,(H,17,20). The molecular formula is C16H30N2O2. The summed E-state index contributed by atoms with van der Waals surface area (Å²) in [5.41, 5.74) is 0. The first-order chi connectivity index (χ1) is 9.61. The fraction of sp³-hybridized carbons (Fsp3) is 0.938. The van der Waals surface area contributed by atoms with Gasteiger partial charge in [-0.1, -0.05) is 26.2 Å². The van der Waals surface area contributed by atoms with Crippen molar-refractivity contribution in [1.29, 1.82) is 0 Å². The van der Waals surface area contributed by atoms with E-state index in [0.717, 1.165) is 38.8 Å². The summed E-state index contributed by atoms with van der Waals surface area (Å²) >= 11 is 0. The molecule has 1 heterocycles. The molecule has 1 amide bonds. The van der Waals surface area contributed by atoms with Gasteiger partial charge in [-0.15, -0.1) is 0 Å². The van der Waals surface area contributed by atoms with E-state index in [4.69, 9.17) is 0 Å². The zero-order valence-corrected chi connectivity index (χ0v) is 13.0. The number of likely N-dealkylation sites (tertiary alicyclic amines) is 1. The van der Waals surface area contributed by atoms with E-state index >= 15 is 0 Å². The molecule has 1 aliphatic carbocycles. The van der Waals surface area contributed by atoms with Gasteiger partial charge in [0.05, 0.1) is 12.1 Å². The van der Waals surface area contributed by atoms with Crippen molar-refractivity contribution in [3.8, 4) is 0 Å². The van der Waals surface area contributed by atoms with Crippen molar-refractivity contribution >= 4 is 5.91 Å². The maximum atomic E-state index is 12.4. The second kappa shape index (κ2) is 7.41. The number of rotatable bonds is 4. The summed E-state index contributed by atoms with van der Waals surface area (Å²) in [6.45, 7) is 5.79. The molecule has 3 unspecified atom stereocenters. The number of piperidine rings is 1. The van der Waals surface area contributed by atoms with Gasteiger partial charge in [-0.3, -0.25) is 9.69 Å². The Morgan fingerprint density at radius 1 is 1.30 bits per heavy atom. The van der Waals surface area contributed by atoms with Gasteiger partial charge in [0.1, 0.15) is 0 Å². The van der Waals surface area contributed by atoms with E-state index in [0.29, 0.717) is 12.0 Å². The van der Waals surface area contributed by atoms with E-state index < -0.39 is 0 Å². The van der Waals surface area contributed by atoms with Crippen molar-refractivity contribution < 1.29 is 9.90 Å². The molecule has 116 valence electrons. The molecule has 2 N–H and O–H groups in total. The summed E-state index contributed by atoms with van der Waals surface area (Å²) in [5, 5.41) is 13.2. The Morgan fingerprint density at radius 3 is 2.65 bits per heavy atom. The lowest BCUT2D eigenvalue weighted by Gasteiger charge is -2.39. The molecule has 0 radical (unpaired) electrons. The molecule has 3 atom stereocenters. The zero-order valence-electron chi connectivity index (χ0n) is 13.0. The molecule has 0 aromatic heterocycles. The predicted molar refractivity (Wildman–Crippen MR) is 80.5 cm³/mol. The van der Waals surface area contributed by atoms with Crippen LogP contribution in [0, 0.1) is 5.92 Å². The second-order valence-electron chi connectivity index (χ2n) is 6.54. The number of amides is 1. The summed E-state index contributed by atoms with van der Waals surface area (Å²) in [6, 6.07) is 0.314. The Bertz CT molecular complexity index is 316. The van der Waals surface area contributed by atoms with E-state index in [1.165, 1.54) is 19.3 Å². The lowest BCUT2D eigenvalue weighted by atomic mass is 9.91. The van der Waals surface area contributed by atoms with Gasteiger partial charge in [-0.25, -0.2) is 0 Å². The smallest absolute Gasteiger partial charge is 0.237 e. The molecule has 1 aliphatic heterocycles. The Kier molecular flexibility index (Phi) is 5.85. The quantitative estimate of drug-likeness (QED) is 0.828. The van der Waals surface area contributed by atoms with Crippen LogP contribution in [-0.2, 0) is 4.79 Å². The predicted octanol–water partition coefficient (Wildman–Crippen LogP) is 1.92. The van der Waals surface area contributed by atoms with Crippen LogP contribution in [0.4, 0.5) is 0 Å². The van der Waals surface area contributed by atoms with E-state index in [9.17, 15) is 9.90 Å². The van der Waals surface area contributed by atoms with Crippen molar-refractivity contribution in [2.45, 2.75) is 77.0 Å². The highest BCUT2D eigenvalue weighted by atomic mass is 16.3. The fourth-order valence-electron chi connectivity index (χ4n) is 3.54. The molecule has 0 aromatic carbocycles. The molecule has 1 saturated heterocycles. The van der Waals surface area contributed by atoms with Crippen molar-refractivity contribution in [2.75, 3.05) is 13.1 Å². The van der Waals surface area contributed by atoms with E-state index in [-0.39, 0.29) is 18.1 Å². The van der Waals surface area contributed by atoms with Gasteiger partial charge >= 0.3 is 0 Å². The van der Waals surface area contributed by atoms with Crippen molar-refractivity contribution in [1.82, 2.24) is 10.2 Å². The van der Waals surface area contributed by atoms with Gasteiger partial charge in [0.25, 0.3) is 0 Å². The van der Waals surface area contributed by atoms with E-state index in [1.807, 2.05) is 6.92 Å². The monoisotopic (exact) mass is 282 g/mol. The third-order valence-electron chi connectivity index (χ3n) is 5.13. The molecule has 4 heteroatoms. The first kappa shape index (κ1) is 15.8. The van der Waals surface area contributed by atoms with Gasteiger partial charge in [-0.05, 0) is 38.5 Å². The SMILES string of the molecule is CCC1CN(C(C)C(=O)NC2CCCCC2)CCC1O. The van der Waals surface area contributed by atoms with Crippen molar-refractivity contribution in [2.24, 2.45) is 5.92 Å². The van der Waals surface area contributed by atoms with E-state index in [1.54, 1.807) is 0 Å². The van der Waals surface area contributed by atoms with Crippen LogP contribution >= 0.6 is 0 Å². The number of aliphatic hydroxyl groups is 1.